The smallest absolute Gasteiger partial charge is 0.0729 e. The molecule has 2 rings (SSSR count). The lowest BCUT2D eigenvalue weighted by atomic mass is 10.4. The summed E-state index contributed by atoms with van der Waals surface area (Å²) in [5.74, 6) is 0. The molecule has 2 aromatic heterocycles. The number of rotatable bonds is 5. The van der Waals surface area contributed by atoms with Crippen molar-refractivity contribution < 1.29 is 5.11 Å². The molecule has 0 aliphatic carbocycles. The van der Waals surface area contributed by atoms with E-state index < -0.39 is 0 Å². The van der Waals surface area contributed by atoms with Gasteiger partial charge in [-0.2, -0.15) is 5.10 Å². The van der Waals surface area contributed by atoms with E-state index in [0.29, 0.717) is 6.54 Å². The zero-order valence-electron chi connectivity index (χ0n) is 9.18. The number of aromatic nitrogens is 2. The Balaban J connectivity index is 1.89. The number of anilines is 1. The summed E-state index contributed by atoms with van der Waals surface area (Å²) in [7, 11) is 0. The van der Waals surface area contributed by atoms with Gasteiger partial charge in [0.25, 0.3) is 0 Å². The fourth-order valence-electron chi connectivity index (χ4n) is 1.45. The van der Waals surface area contributed by atoms with E-state index in [2.05, 4.69) is 29.5 Å². The van der Waals surface area contributed by atoms with Gasteiger partial charge >= 0.3 is 0 Å². The highest BCUT2D eigenvalue weighted by atomic mass is 32.1. The third kappa shape index (κ3) is 2.84. The number of aliphatic hydroxyl groups is 1. The Kier molecular flexibility index (Phi) is 3.58. The van der Waals surface area contributed by atoms with Gasteiger partial charge < -0.3 is 10.4 Å². The number of aryl methyl sites for hydroxylation is 1. The van der Waals surface area contributed by atoms with Crippen LogP contribution < -0.4 is 5.32 Å². The second-order valence-electron chi connectivity index (χ2n) is 3.58. The van der Waals surface area contributed by atoms with Crippen molar-refractivity contribution in [2.45, 2.75) is 20.0 Å². The summed E-state index contributed by atoms with van der Waals surface area (Å²) < 4.78 is 1.72. The first-order valence-corrected chi connectivity index (χ1v) is 6.02. The molecular formula is C11H15N3OS. The fourth-order valence-corrected chi connectivity index (χ4v) is 2.28. The van der Waals surface area contributed by atoms with Crippen LogP contribution in [-0.4, -0.2) is 21.5 Å². The Bertz CT molecular complexity index is 450. The van der Waals surface area contributed by atoms with Crippen molar-refractivity contribution in [2.24, 2.45) is 0 Å². The normalized spacial score (nSPS) is 10.6. The van der Waals surface area contributed by atoms with Gasteiger partial charge in [0, 0.05) is 22.5 Å². The maximum Gasteiger partial charge on any atom is 0.0729 e. The Morgan fingerprint density at radius 1 is 1.50 bits per heavy atom. The third-order valence-corrected chi connectivity index (χ3v) is 3.23. The molecule has 2 N–H and O–H groups in total. The Morgan fingerprint density at radius 3 is 3.06 bits per heavy atom. The minimum absolute atomic E-state index is 0.116. The summed E-state index contributed by atoms with van der Waals surface area (Å²) in [5.41, 5.74) is 0.986. The second kappa shape index (κ2) is 5.14. The van der Waals surface area contributed by atoms with Gasteiger partial charge in [0.15, 0.2) is 0 Å². The highest BCUT2D eigenvalue weighted by Crippen LogP contribution is 2.16. The molecule has 0 amide bonds. The molecule has 0 spiro atoms. The third-order valence-electron chi connectivity index (χ3n) is 2.23. The first-order valence-electron chi connectivity index (χ1n) is 5.20. The average Bonchev–Trinajstić information content (AvgIpc) is 2.85. The van der Waals surface area contributed by atoms with Gasteiger partial charge in [-0.1, -0.05) is 0 Å². The molecule has 2 aromatic rings. The number of nitrogens with one attached hydrogen (secondary N) is 1. The summed E-state index contributed by atoms with van der Waals surface area (Å²) >= 11 is 1.79. The van der Waals surface area contributed by atoms with Gasteiger partial charge in [0.2, 0.25) is 0 Å². The molecule has 86 valence electrons. The van der Waals surface area contributed by atoms with E-state index in [9.17, 15) is 0 Å². The van der Waals surface area contributed by atoms with Crippen molar-refractivity contribution in [3.63, 3.8) is 0 Å². The second-order valence-corrected chi connectivity index (χ2v) is 4.95. The molecule has 0 fully saturated rings. The van der Waals surface area contributed by atoms with E-state index >= 15 is 0 Å². The van der Waals surface area contributed by atoms with Crippen LogP contribution in [-0.2, 0) is 13.1 Å². The van der Waals surface area contributed by atoms with E-state index in [1.807, 2.05) is 6.20 Å². The highest BCUT2D eigenvalue weighted by Gasteiger charge is 1.99. The summed E-state index contributed by atoms with van der Waals surface area (Å²) in [6.45, 7) is 3.59. The Labute approximate surface area is 98.5 Å². The van der Waals surface area contributed by atoms with Crippen molar-refractivity contribution >= 4 is 17.0 Å². The lowest BCUT2D eigenvalue weighted by Crippen LogP contribution is -2.01. The van der Waals surface area contributed by atoms with Crippen LogP contribution >= 0.6 is 11.3 Å². The van der Waals surface area contributed by atoms with Crippen molar-refractivity contribution in [2.75, 3.05) is 11.9 Å². The summed E-state index contributed by atoms with van der Waals surface area (Å²) in [6, 6.07) is 4.25. The topological polar surface area (TPSA) is 50.1 Å². The molecule has 2 heterocycles. The molecule has 0 aliphatic heterocycles. The van der Waals surface area contributed by atoms with Gasteiger partial charge in [-0.3, -0.25) is 4.68 Å². The fraction of sp³-hybridized carbons (Fsp3) is 0.364. The number of hydrogen-bond donors (Lipinski definition) is 2. The average molecular weight is 237 g/mol. The van der Waals surface area contributed by atoms with E-state index in [4.69, 9.17) is 5.11 Å². The molecule has 0 aromatic carbocycles. The molecule has 0 radical (unpaired) electrons. The number of aliphatic hydroxyl groups excluding tert-OH is 1. The molecule has 0 atom stereocenters. The largest absolute Gasteiger partial charge is 0.394 e. The molecule has 0 aliphatic rings. The quantitative estimate of drug-likeness (QED) is 0.834. The van der Waals surface area contributed by atoms with Crippen molar-refractivity contribution in [3.8, 4) is 0 Å². The molecule has 0 saturated heterocycles. The highest BCUT2D eigenvalue weighted by molar-refractivity contribution is 7.11. The summed E-state index contributed by atoms with van der Waals surface area (Å²) in [5, 5.41) is 16.2. The van der Waals surface area contributed by atoms with Crippen LogP contribution in [0.3, 0.4) is 0 Å². The number of thiophene rings is 1. The minimum Gasteiger partial charge on any atom is -0.394 e. The molecule has 4 nitrogen and oxygen atoms in total. The minimum atomic E-state index is 0.116. The standard InChI is InChI=1S/C11H15N3OS/c1-9-2-3-11(16-9)7-12-10-6-13-14(8-10)4-5-15/h2-3,6,8,12,15H,4-5,7H2,1H3. The summed E-state index contributed by atoms with van der Waals surface area (Å²) in [4.78, 5) is 2.64. The Hall–Kier alpha value is -1.33. The van der Waals surface area contributed by atoms with Crippen LogP contribution in [0.25, 0.3) is 0 Å². The first-order chi connectivity index (χ1) is 7.78. The molecular weight excluding hydrogens is 222 g/mol. The van der Waals surface area contributed by atoms with Crippen molar-refractivity contribution in [3.05, 3.63) is 34.3 Å². The van der Waals surface area contributed by atoms with Gasteiger partial charge in [-0.05, 0) is 19.1 Å². The lowest BCUT2D eigenvalue weighted by Gasteiger charge is -2.00. The molecule has 0 bridgehead atoms. The van der Waals surface area contributed by atoms with E-state index in [-0.39, 0.29) is 6.61 Å². The maximum absolute atomic E-state index is 8.76. The van der Waals surface area contributed by atoms with E-state index in [0.717, 1.165) is 12.2 Å². The van der Waals surface area contributed by atoms with E-state index in [1.165, 1.54) is 9.75 Å². The molecule has 0 unspecified atom stereocenters. The first kappa shape index (κ1) is 11.2. The predicted molar refractivity (Wildman–Crippen MR) is 65.7 cm³/mol. The zero-order chi connectivity index (χ0) is 11.4. The van der Waals surface area contributed by atoms with Gasteiger partial charge in [0.1, 0.15) is 0 Å². The SMILES string of the molecule is Cc1ccc(CNc2cnn(CCO)c2)s1. The molecule has 5 heteroatoms. The van der Waals surface area contributed by atoms with Gasteiger partial charge in [-0.15, -0.1) is 11.3 Å². The molecule has 16 heavy (non-hydrogen) atoms. The summed E-state index contributed by atoms with van der Waals surface area (Å²) in [6.07, 6.45) is 3.67. The Morgan fingerprint density at radius 2 is 2.38 bits per heavy atom. The monoisotopic (exact) mass is 237 g/mol. The van der Waals surface area contributed by atoms with Crippen LogP contribution in [0.2, 0.25) is 0 Å². The van der Waals surface area contributed by atoms with E-state index in [1.54, 1.807) is 22.2 Å². The van der Waals surface area contributed by atoms with Crippen molar-refractivity contribution in [1.82, 2.24) is 9.78 Å². The van der Waals surface area contributed by atoms with Crippen LogP contribution in [0.15, 0.2) is 24.5 Å². The van der Waals surface area contributed by atoms with Crippen molar-refractivity contribution in [1.29, 1.82) is 0 Å². The maximum atomic E-state index is 8.76. The van der Waals surface area contributed by atoms with Crippen LogP contribution in [0.1, 0.15) is 9.75 Å². The predicted octanol–water partition coefficient (Wildman–Crippen LogP) is 1.86. The van der Waals surface area contributed by atoms with Gasteiger partial charge in [-0.25, -0.2) is 0 Å². The van der Waals surface area contributed by atoms with Crippen LogP contribution in [0.5, 0.6) is 0 Å². The molecule has 0 saturated carbocycles. The number of hydrogen-bond acceptors (Lipinski definition) is 4. The van der Waals surface area contributed by atoms with Crippen LogP contribution in [0, 0.1) is 6.92 Å². The van der Waals surface area contributed by atoms with Gasteiger partial charge in [0.05, 0.1) is 25.0 Å². The lowest BCUT2D eigenvalue weighted by molar-refractivity contribution is 0.269. The zero-order valence-corrected chi connectivity index (χ0v) is 10.00. The number of nitrogens with zero attached hydrogens (tertiary/aromatic N) is 2. The van der Waals surface area contributed by atoms with Crippen LogP contribution in [0.4, 0.5) is 5.69 Å².